The molecule has 166 valence electrons. The molecule has 0 saturated carbocycles. The van der Waals surface area contributed by atoms with Crippen LogP contribution in [0, 0.1) is 10.1 Å². The smallest absolute Gasteiger partial charge is 0.271 e. The molecule has 31 heavy (non-hydrogen) atoms. The molecular weight excluding hydrogens is 422 g/mol. The van der Waals surface area contributed by atoms with E-state index in [2.05, 4.69) is 14.9 Å². The molecule has 0 spiro atoms. The lowest BCUT2D eigenvalue weighted by Gasteiger charge is -2.35. The maximum Gasteiger partial charge on any atom is 0.271 e. The number of carbonyl (C=O) groups is 1. The molecule has 0 aliphatic carbocycles. The van der Waals surface area contributed by atoms with E-state index in [0.717, 1.165) is 13.1 Å². The third-order valence-electron chi connectivity index (χ3n) is 5.00. The summed E-state index contributed by atoms with van der Waals surface area (Å²) in [5.41, 5.74) is 0.777. The summed E-state index contributed by atoms with van der Waals surface area (Å²) in [6.07, 6.45) is 0. The van der Waals surface area contributed by atoms with Gasteiger partial charge in [0.05, 0.1) is 10.6 Å². The fourth-order valence-electron chi connectivity index (χ4n) is 3.35. The summed E-state index contributed by atoms with van der Waals surface area (Å²) >= 11 is 0. The van der Waals surface area contributed by atoms with Gasteiger partial charge in [-0.1, -0.05) is 13.0 Å². The van der Waals surface area contributed by atoms with Gasteiger partial charge in [-0.2, -0.15) is 0 Å². The van der Waals surface area contributed by atoms with Crippen molar-refractivity contribution >= 4 is 33.0 Å². The molecule has 11 heteroatoms. The summed E-state index contributed by atoms with van der Waals surface area (Å²) < 4.78 is 28.2. The maximum absolute atomic E-state index is 12.9. The Labute approximate surface area is 181 Å². The Kier molecular flexibility index (Phi) is 6.88. The number of hydrogen-bond acceptors (Lipinski definition) is 7. The van der Waals surface area contributed by atoms with Crippen molar-refractivity contribution in [2.24, 2.45) is 0 Å². The van der Waals surface area contributed by atoms with Gasteiger partial charge >= 0.3 is 0 Å². The molecule has 0 atom stereocenters. The molecule has 10 nitrogen and oxygen atoms in total. The Bertz CT molecular complexity index is 1080. The van der Waals surface area contributed by atoms with Crippen LogP contribution in [-0.4, -0.2) is 63.9 Å². The van der Waals surface area contributed by atoms with Crippen LogP contribution in [0.3, 0.4) is 0 Å². The van der Waals surface area contributed by atoms with Crippen LogP contribution in [0.2, 0.25) is 0 Å². The predicted octanol–water partition coefficient (Wildman–Crippen LogP) is 1.90. The molecule has 1 saturated heterocycles. The number of benzene rings is 2. The molecule has 0 unspecified atom stereocenters. The number of nitro benzene ring substituents is 1. The average molecular weight is 448 g/mol. The Balaban J connectivity index is 1.93. The van der Waals surface area contributed by atoms with Gasteiger partial charge < -0.3 is 15.1 Å². The molecule has 1 heterocycles. The lowest BCUT2D eigenvalue weighted by atomic mass is 10.1. The molecule has 2 aromatic carbocycles. The minimum absolute atomic E-state index is 0.0330. The van der Waals surface area contributed by atoms with Gasteiger partial charge in [0.15, 0.2) is 0 Å². The van der Waals surface area contributed by atoms with Crippen molar-refractivity contribution in [3.8, 4) is 0 Å². The monoisotopic (exact) mass is 447 g/mol. The number of hydrogen-bond donors (Lipinski definition) is 2. The Morgan fingerprint density at radius 2 is 1.84 bits per heavy atom. The van der Waals surface area contributed by atoms with Gasteiger partial charge in [-0.15, -0.1) is 0 Å². The van der Waals surface area contributed by atoms with Crippen LogP contribution in [0.25, 0.3) is 0 Å². The number of amides is 1. The number of non-ortho nitro benzene ring substituents is 1. The van der Waals surface area contributed by atoms with E-state index in [1.165, 1.54) is 30.3 Å². The highest BCUT2D eigenvalue weighted by Gasteiger charge is 2.25. The largest absolute Gasteiger partial charge is 0.368 e. The van der Waals surface area contributed by atoms with Crippen molar-refractivity contribution in [2.45, 2.75) is 11.8 Å². The van der Waals surface area contributed by atoms with Crippen molar-refractivity contribution in [1.29, 1.82) is 0 Å². The zero-order valence-electron chi connectivity index (χ0n) is 17.4. The summed E-state index contributed by atoms with van der Waals surface area (Å²) in [6.45, 7) is 4.85. The second kappa shape index (κ2) is 9.41. The number of nitrogens with zero attached hydrogens (tertiary/aromatic N) is 3. The molecule has 1 amide bonds. The number of carbonyl (C=O) groups excluding carboxylic acids is 1. The zero-order valence-corrected chi connectivity index (χ0v) is 18.2. The standard InChI is InChI=1S/C20H25N5O5S/c1-3-21-31(29,30)19-13-15(7-8-18(19)24-11-9-23(2)10-12-24)20(26)22-16-5-4-6-17(14-16)25(27)28/h4-8,13-14,21H,3,9-12H2,1-2H3,(H,22,26). The first-order valence-electron chi connectivity index (χ1n) is 9.84. The fraction of sp³-hybridized carbons (Fsp3) is 0.350. The summed E-state index contributed by atoms with van der Waals surface area (Å²) in [5.74, 6) is -0.557. The minimum atomic E-state index is -3.83. The first-order chi connectivity index (χ1) is 14.7. The number of nitrogens with one attached hydrogen (secondary N) is 2. The first-order valence-corrected chi connectivity index (χ1v) is 11.3. The number of rotatable bonds is 7. The minimum Gasteiger partial charge on any atom is -0.368 e. The number of anilines is 2. The molecule has 2 N–H and O–H groups in total. The van der Waals surface area contributed by atoms with Crippen LogP contribution in [0.15, 0.2) is 47.4 Å². The van der Waals surface area contributed by atoms with Crippen molar-refractivity contribution in [3.05, 3.63) is 58.1 Å². The Morgan fingerprint density at radius 3 is 2.48 bits per heavy atom. The van der Waals surface area contributed by atoms with Gasteiger partial charge in [0.25, 0.3) is 11.6 Å². The lowest BCUT2D eigenvalue weighted by molar-refractivity contribution is -0.384. The van der Waals surface area contributed by atoms with E-state index >= 15 is 0 Å². The summed E-state index contributed by atoms with van der Waals surface area (Å²) in [6, 6.07) is 10.1. The number of likely N-dealkylation sites (N-methyl/N-ethyl adjacent to an activating group) is 1. The third kappa shape index (κ3) is 5.37. The van der Waals surface area contributed by atoms with E-state index in [9.17, 15) is 23.3 Å². The van der Waals surface area contributed by atoms with Crippen molar-refractivity contribution in [1.82, 2.24) is 9.62 Å². The second-order valence-corrected chi connectivity index (χ2v) is 8.97. The molecule has 1 aliphatic heterocycles. The normalized spacial score (nSPS) is 15.0. The molecule has 0 aromatic heterocycles. The molecular formula is C20H25N5O5S. The number of piperazine rings is 1. The van der Waals surface area contributed by atoms with Gasteiger partial charge in [-0.25, -0.2) is 13.1 Å². The number of nitro groups is 1. The van der Waals surface area contributed by atoms with E-state index in [4.69, 9.17) is 0 Å². The second-order valence-electron chi connectivity index (χ2n) is 7.24. The van der Waals surface area contributed by atoms with E-state index in [1.807, 2.05) is 11.9 Å². The van der Waals surface area contributed by atoms with Crippen LogP contribution < -0.4 is 14.9 Å². The SMILES string of the molecule is CCNS(=O)(=O)c1cc(C(=O)Nc2cccc([N+](=O)[O-])c2)ccc1N1CCN(C)CC1. The molecule has 1 aliphatic rings. The van der Waals surface area contributed by atoms with Gasteiger partial charge in [-0.3, -0.25) is 14.9 Å². The quantitative estimate of drug-likeness (QED) is 0.490. The Hall–Kier alpha value is -3.02. The maximum atomic E-state index is 12.9. The third-order valence-corrected chi connectivity index (χ3v) is 6.58. The zero-order chi connectivity index (χ0) is 22.6. The molecule has 0 radical (unpaired) electrons. The summed E-state index contributed by atoms with van der Waals surface area (Å²) in [7, 11) is -1.82. The van der Waals surface area contributed by atoms with Gasteiger partial charge in [-0.05, 0) is 31.3 Å². The van der Waals surface area contributed by atoms with Gasteiger partial charge in [0.2, 0.25) is 10.0 Å². The highest BCUT2D eigenvalue weighted by atomic mass is 32.2. The van der Waals surface area contributed by atoms with Crippen molar-refractivity contribution in [3.63, 3.8) is 0 Å². The first kappa shape index (κ1) is 22.7. The summed E-state index contributed by atoms with van der Waals surface area (Å²) in [5, 5.41) is 13.5. The topological polar surface area (TPSA) is 125 Å². The predicted molar refractivity (Wildman–Crippen MR) is 118 cm³/mol. The van der Waals surface area contributed by atoms with Crippen LogP contribution in [-0.2, 0) is 10.0 Å². The molecule has 1 fully saturated rings. The Morgan fingerprint density at radius 1 is 1.13 bits per heavy atom. The van der Waals surface area contributed by atoms with Crippen LogP contribution >= 0.6 is 0 Å². The summed E-state index contributed by atoms with van der Waals surface area (Å²) in [4.78, 5) is 27.3. The van der Waals surface area contributed by atoms with E-state index < -0.39 is 20.9 Å². The molecule has 0 bridgehead atoms. The highest BCUT2D eigenvalue weighted by Crippen LogP contribution is 2.28. The van der Waals surface area contributed by atoms with Crippen LogP contribution in [0.1, 0.15) is 17.3 Å². The van der Waals surface area contributed by atoms with Crippen LogP contribution in [0.5, 0.6) is 0 Å². The van der Waals surface area contributed by atoms with E-state index in [-0.39, 0.29) is 28.4 Å². The molecule has 2 aromatic rings. The van der Waals surface area contributed by atoms with Gasteiger partial charge in [0, 0.05) is 56.1 Å². The van der Waals surface area contributed by atoms with Crippen molar-refractivity contribution < 1.29 is 18.1 Å². The lowest BCUT2D eigenvalue weighted by Crippen LogP contribution is -2.45. The van der Waals surface area contributed by atoms with E-state index in [0.29, 0.717) is 18.8 Å². The van der Waals surface area contributed by atoms with Gasteiger partial charge in [0.1, 0.15) is 4.90 Å². The fourth-order valence-corrected chi connectivity index (χ4v) is 4.64. The molecule has 3 rings (SSSR count). The van der Waals surface area contributed by atoms with E-state index in [1.54, 1.807) is 19.1 Å². The van der Waals surface area contributed by atoms with Crippen LogP contribution in [0.4, 0.5) is 17.1 Å². The average Bonchev–Trinajstić information content (AvgIpc) is 2.74. The highest BCUT2D eigenvalue weighted by molar-refractivity contribution is 7.89. The van der Waals surface area contributed by atoms with Crippen molar-refractivity contribution in [2.75, 3.05) is 50.0 Å². The number of sulfonamides is 1.